The first kappa shape index (κ1) is 13.4. The summed E-state index contributed by atoms with van der Waals surface area (Å²) in [5, 5.41) is 3.30. The molecule has 1 fully saturated rings. The standard InChI is InChI=1S/C14H20N2OS/c1-18-10-9-16-11-15-13(14(16)17)8-7-12-5-3-2-4-6-12/h2-6,13,15H,7-11H2,1H3. The second kappa shape index (κ2) is 6.81. The molecule has 1 heterocycles. The smallest absolute Gasteiger partial charge is 0.240 e. The minimum absolute atomic E-state index is 0.00654. The van der Waals surface area contributed by atoms with Crippen molar-refractivity contribution < 1.29 is 4.79 Å². The number of hydrogen-bond acceptors (Lipinski definition) is 3. The predicted octanol–water partition coefficient (Wildman–Crippen LogP) is 1.74. The van der Waals surface area contributed by atoms with Crippen molar-refractivity contribution in [2.75, 3.05) is 25.2 Å². The lowest BCUT2D eigenvalue weighted by Crippen LogP contribution is -2.32. The lowest BCUT2D eigenvalue weighted by Gasteiger charge is -2.14. The number of carbonyl (C=O) groups is 1. The number of amides is 1. The largest absolute Gasteiger partial charge is 0.328 e. The molecule has 2 rings (SSSR count). The molecule has 0 radical (unpaired) electrons. The molecule has 1 amide bonds. The first-order chi connectivity index (χ1) is 8.81. The van der Waals surface area contributed by atoms with Gasteiger partial charge in [0, 0.05) is 12.3 Å². The van der Waals surface area contributed by atoms with E-state index in [4.69, 9.17) is 0 Å². The molecule has 1 aliphatic rings. The number of aryl methyl sites for hydroxylation is 1. The zero-order valence-corrected chi connectivity index (χ0v) is 11.6. The molecule has 0 aromatic heterocycles. The third-order valence-electron chi connectivity index (χ3n) is 3.27. The number of hydrogen-bond donors (Lipinski definition) is 1. The van der Waals surface area contributed by atoms with Crippen LogP contribution in [0.4, 0.5) is 0 Å². The maximum absolute atomic E-state index is 12.1. The van der Waals surface area contributed by atoms with Gasteiger partial charge in [0.2, 0.25) is 5.91 Å². The van der Waals surface area contributed by atoms with Gasteiger partial charge in [-0.15, -0.1) is 0 Å². The average molecular weight is 264 g/mol. The number of thioether (sulfide) groups is 1. The lowest BCUT2D eigenvalue weighted by molar-refractivity contribution is -0.128. The van der Waals surface area contributed by atoms with Crippen LogP contribution in [0, 0.1) is 0 Å². The fourth-order valence-electron chi connectivity index (χ4n) is 2.18. The maximum atomic E-state index is 12.1. The van der Waals surface area contributed by atoms with Crippen molar-refractivity contribution in [2.45, 2.75) is 18.9 Å². The van der Waals surface area contributed by atoms with Gasteiger partial charge in [-0.05, 0) is 24.7 Å². The van der Waals surface area contributed by atoms with E-state index in [1.807, 2.05) is 23.1 Å². The molecular formula is C14H20N2OS. The molecule has 1 atom stereocenters. The van der Waals surface area contributed by atoms with Crippen LogP contribution in [0.5, 0.6) is 0 Å². The van der Waals surface area contributed by atoms with Gasteiger partial charge in [0.1, 0.15) is 0 Å². The summed E-state index contributed by atoms with van der Waals surface area (Å²) in [7, 11) is 0. The normalized spacial score (nSPS) is 19.5. The van der Waals surface area contributed by atoms with E-state index in [0.29, 0.717) is 6.67 Å². The van der Waals surface area contributed by atoms with Crippen LogP contribution >= 0.6 is 11.8 Å². The van der Waals surface area contributed by atoms with Crippen LogP contribution in [0.2, 0.25) is 0 Å². The SMILES string of the molecule is CSCCN1CNC(CCc2ccccc2)C1=O. The summed E-state index contributed by atoms with van der Waals surface area (Å²) in [6.07, 6.45) is 3.92. The van der Waals surface area contributed by atoms with Crippen molar-refractivity contribution in [3.05, 3.63) is 35.9 Å². The fourth-order valence-corrected chi connectivity index (χ4v) is 2.58. The van der Waals surface area contributed by atoms with Gasteiger partial charge < -0.3 is 4.90 Å². The number of rotatable bonds is 6. The van der Waals surface area contributed by atoms with Crippen molar-refractivity contribution in [1.82, 2.24) is 10.2 Å². The van der Waals surface area contributed by atoms with Gasteiger partial charge in [-0.3, -0.25) is 10.1 Å². The molecule has 0 bridgehead atoms. The van der Waals surface area contributed by atoms with Crippen LogP contribution in [0.25, 0.3) is 0 Å². The summed E-state index contributed by atoms with van der Waals surface area (Å²) in [4.78, 5) is 14.0. The molecule has 18 heavy (non-hydrogen) atoms. The molecule has 0 saturated carbocycles. The van der Waals surface area contributed by atoms with Crippen LogP contribution < -0.4 is 5.32 Å². The van der Waals surface area contributed by atoms with Crippen LogP contribution in [-0.2, 0) is 11.2 Å². The quantitative estimate of drug-likeness (QED) is 0.849. The van der Waals surface area contributed by atoms with Gasteiger partial charge >= 0.3 is 0 Å². The van der Waals surface area contributed by atoms with Gasteiger partial charge in [0.15, 0.2) is 0 Å². The van der Waals surface area contributed by atoms with Gasteiger partial charge in [0.05, 0.1) is 12.7 Å². The number of carbonyl (C=O) groups excluding carboxylic acids is 1. The fraction of sp³-hybridized carbons (Fsp3) is 0.500. The molecule has 1 N–H and O–H groups in total. The van der Waals surface area contributed by atoms with Crippen molar-refractivity contribution in [1.29, 1.82) is 0 Å². The van der Waals surface area contributed by atoms with Gasteiger partial charge in [0.25, 0.3) is 0 Å². The second-order valence-electron chi connectivity index (χ2n) is 4.53. The Labute approximate surface area is 113 Å². The molecule has 4 heteroatoms. The summed E-state index contributed by atoms with van der Waals surface area (Å²) < 4.78 is 0. The number of nitrogens with zero attached hydrogens (tertiary/aromatic N) is 1. The molecule has 1 aromatic rings. The van der Waals surface area contributed by atoms with E-state index in [-0.39, 0.29) is 11.9 Å². The van der Waals surface area contributed by atoms with E-state index in [1.54, 1.807) is 11.8 Å². The molecule has 98 valence electrons. The zero-order valence-electron chi connectivity index (χ0n) is 10.8. The molecule has 1 saturated heterocycles. The number of benzene rings is 1. The highest BCUT2D eigenvalue weighted by Crippen LogP contribution is 2.11. The minimum Gasteiger partial charge on any atom is -0.328 e. The van der Waals surface area contributed by atoms with E-state index in [1.165, 1.54) is 5.56 Å². The van der Waals surface area contributed by atoms with Crippen molar-refractivity contribution in [3.63, 3.8) is 0 Å². The first-order valence-electron chi connectivity index (χ1n) is 6.36. The van der Waals surface area contributed by atoms with Gasteiger partial charge in [-0.1, -0.05) is 30.3 Å². The van der Waals surface area contributed by atoms with Crippen LogP contribution in [0.1, 0.15) is 12.0 Å². The summed E-state index contributed by atoms with van der Waals surface area (Å²) in [6.45, 7) is 1.56. The van der Waals surface area contributed by atoms with Crippen LogP contribution in [-0.4, -0.2) is 42.1 Å². The summed E-state index contributed by atoms with van der Waals surface area (Å²) in [5.74, 6) is 1.28. The Morgan fingerprint density at radius 3 is 2.89 bits per heavy atom. The molecule has 0 spiro atoms. The van der Waals surface area contributed by atoms with E-state index in [9.17, 15) is 4.79 Å². The molecule has 1 unspecified atom stereocenters. The van der Waals surface area contributed by atoms with Crippen molar-refractivity contribution >= 4 is 17.7 Å². The highest BCUT2D eigenvalue weighted by molar-refractivity contribution is 7.98. The minimum atomic E-state index is 0.00654. The average Bonchev–Trinajstić information content (AvgIpc) is 2.76. The Bertz CT molecular complexity index is 383. The van der Waals surface area contributed by atoms with E-state index in [0.717, 1.165) is 25.1 Å². The Hall–Kier alpha value is -1.00. The summed E-state index contributed by atoms with van der Waals surface area (Å²) in [6, 6.07) is 10.4. The van der Waals surface area contributed by atoms with Crippen LogP contribution in [0.15, 0.2) is 30.3 Å². The summed E-state index contributed by atoms with van der Waals surface area (Å²) >= 11 is 1.78. The zero-order chi connectivity index (χ0) is 12.8. The highest BCUT2D eigenvalue weighted by atomic mass is 32.2. The molecule has 0 aliphatic carbocycles. The lowest BCUT2D eigenvalue weighted by atomic mass is 10.1. The Morgan fingerprint density at radius 1 is 1.39 bits per heavy atom. The highest BCUT2D eigenvalue weighted by Gasteiger charge is 2.29. The third-order valence-corrected chi connectivity index (χ3v) is 3.86. The Morgan fingerprint density at radius 2 is 2.17 bits per heavy atom. The van der Waals surface area contributed by atoms with Crippen LogP contribution in [0.3, 0.4) is 0 Å². The second-order valence-corrected chi connectivity index (χ2v) is 5.52. The van der Waals surface area contributed by atoms with E-state index >= 15 is 0 Å². The first-order valence-corrected chi connectivity index (χ1v) is 7.75. The topological polar surface area (TPSA) is 32.3 Å². The predicted molar refractivity (Wildman–Crippen MR) is 76.6 cm³/mol. The molecular weight excluding hydrogens is 244 g/mol. The number of nitrogens with one attached hydrogen (secondary N) is 1. The molecule has 1 aromatic carbocycles. The van der Waals surface area contributed by atoms with E-state index in [2.05, 4.69) is 23.7 Å². The Kier molecular flexibility index (Phi) is 5.08. The molecule has 1 aliphatic heterocycles. The summed E-state index contributed by atoms with van der Waals surface area (Å²) in [5.41, 5.74) is 1.30. The molecule has 3 nitrogen and oxygen atoms in total. The Balaban J connectivity index is 1.79. The van der Waals surface area contributed by atoms with E-state index < -0.39 is 0 Å². The maximum Gasteiger partial charge on any atom is 0.240 e. The van der Waals surface area contributed by atoms with Gasteiger partial charge in [-0.25, -0.2) is 0 Å². The van der Waals surface area contributed by atoms with Crippen molar-refractivity contribution in [3.8, 4) is 0 Å². The monoisotopic (exact) mass is 264 g/mol. The van der Waals surface area contributed by atoms with Gasteiger partial charge in [-0.2, -0.15) is 11.8 Å². The van der Waals surface area contributed by atoms with Crippen molar-refractivity contribution in [2.24, 2.45) is 0 Å². The third kappa shape index (κ3) is 3.50.